The van der Waals surface area contributed by atoms with Crippen LogP contribution < -0.4 is 5.32 Å². The minimum absolute atomic E-state index is 0.00896. The number of aliphatic hydroxyl groups is 1. The predicted molar refractivity (Wildman–Crippen MR) is 79.5 cm³/mol. The fourth-order valence-corrected chi connectivity index (χ4v) is 1.45. The van der Waals surface area contributed by atoms with Crippen LogP contribution in [0, 0.1) is 18.8 Å². The largest absolute Gasteiger partial charge is 0.384 e. The standard InChI is InChI=1S/C16H21NO3/c1-12-7-8-14(10-13(12)6-5-9-18)17-15(19)11-20-16(2,3)4/h7-8,10,18H,9,11H2,1-4H3,(H,17,19). The molecule has 4 nitrogen and oxygen atoms in total. The van der Waals surface area contributed by atoms with Gasteiger partial charge >= 0.3 is 0 Å². The highest BCUT2D eigenvalue weighted by Crippen LogP contribution is 2.15. The zero-order chi connectivity index (χ0) is 15.2. The molecule has 1 rings (SSSR count). The third-order valence-corrected chi connectivity index (χ3v) is 2.46. The Hall–Kier alpha value is -1.83. The molecule has 1 aromatic rings. The molecule has 0 aliphatic carbocycles. The maximum absolute atomic E-state index is 11.8. The van der Waals surface area contributed by atoms with Crippen LogP contribution in [0.3, 0.4) is 0 Å². The second-order valence-corrected chi connectivity index (χ2v) is 5.44. The Morgan fingerprint density at radius 2 is 2.10 bits per heavy atom. The van der Waals surface area contributed by atoms with Crippen molar-refractivity contribution in [3.05, 3.63) is 29.3 Å². The van der Waals surface area contributed by atoms with E-state index in [1.165, 1.54) is 0 Å². The van der Waals surface area contributed by atoms with Crippen LogP contribution in [0.25, 0.3) is 0 Å². The molecule has 0 unspecified atom stereocenters. The molecule has 0 heterocycles. The summed E-state index contributed by atoms with van der Waals surface area (Å²) in [4.78, 5) is 11.8. The highest BCUT2D eigenvalue weighted by Gasteiger charge is 2.13. The molecule has 0 atom stereocenters. The molecule has 0 saturated carbocycles. The van der Waals surface area contributed by atoms with Crippen molar-refractivity contribution in [2.45, 2.75) is 33.3 Å². The molecule has 108 valence electrons. The van der Waals surface area contributed by atoms with E-state index in [4.69, 9.17) is 9.84 Å². The van der Waals surface area contributed by atoms with E-state index in [1.54, 1.807) is 6.07 Å². The summed E-state index contributed by atoms with van der Waals surface area (Å²) in [7, 11) is 0. The van der Waals surface area contributed by atoms with E-state index in [0.29, 0.717) is 5.69 Å². The molecular formula is C16H21NO3. The molecule has 0 aliphatic rings. The van der Waals surface area contributed by atoms with Crippen molar-refractivity contribution in [3.63, 3.8) is 0 Å². The van der Waals surface area contributed by atoms with Gasteiger partial charge in [-0.3, -0.25) is 4.79 Å². The van der Waals surface area contributed by atoms with E-state index in [1.807, 2.05) is 39.8 Å². The molecule has 20 heavy (non-hydrogen) atoms. The number of aryl methyl sites for hydroxylation is 1. The highest BCUT2D eigenvalue weighted by molar-refractivity contribution is 5.91. The molecular weight excluding hydrogens is 254 g/mol. The van der Waals surface area contributed by atoms with Gasteiger partial charge in [-0.2, -0.15) is 0 Å². The summed E-state index contributed by atoms with van der Waals surface area (Å²) in [5, 5.41) is 11.5. The Morgan fingerprint density at radius 1 is 1.40 bits per heavy atom. The Morgan fingerprint density at radius 3 is 2.70 bits per heavy atom. The van der Waals surface area contributed by atoms with Crippen LogP contribution in [-0.2, 0) is 9.53 Å². The first-order valence-corrected chi connectivity index (χ1v) is 6.46. The van der Waals surface area contributed by atoms with E-state index in [-0.39, 0.29) is 24.7 Å². The fraction of sp³-hybridized carbons (Fsp3) is 0.438. The van der Waals surface area contributed by atoms with Crippen LogP contribution in [0.5, 0.6) is 0 Å². The molecule has 1 amide bonds. The zero-order valence-corrected chi connectivity index (χ0v) is 12.4. The number of benzene rings is 1. The lowest BCUT2D eigenvalue weighted by molar-refractivity contribution is -0.125. The van der Waals surface area contributed by atoms with Gasteiger partial charge in [-0.05, 0) is 45.4 Å². The van der Waals surface area contributed by atoms with Crippen LogP contribution in [0.15, 0.2) is 18.2 Å². The van der Waals surface area contributed by atoms with Crippen LogP contribution in [-0.4, -0.2) is 29.8 Å². The van der Waals surface area contributed by atoms with Crippen molar-refractivity contribution in [1.29, 1.82) is 0 Å². The molecule has 0 fully saturated rings. The lowest BCUT2D eigenvalue weighted by Crippen LogP contribution is -2.27. The smallest absolute Gasteiger partial charge is 0.250 e. The average molecular weight is 275 g/mol. The first-order chi connectivity index (χ1) is 9.31. The monoisotopic (exact) mass is 275 g/mol. The van der Waals surface area contributed by atoms with Crippen LogP contribution in [0.4, 0.5) is 5.69 Å². The first-order valence-electron chi connectivity index (χ1n) is 6.46. The highest BCUT2D eigenvalue weighted by atomic mass is 16.5. The van der Waals surface area contributed by atoms with E-state index >= 15 is 0 Å². The van der Waals surface area contributed by atoms with Crippen LogP contribution in [0.1, 0.15) is 31.9 Å². The summed E-state index contributed by atoms with van der Waals surface area (Å²) < 4.78 is 5.41. The molecule has 1 aromatic carbocycles. The van der Waals surface area contributed by atoms with E-state index in [2.05, 4.69) is 17.2 Å². The van der Waals surface area contributed by atoms with Crippen molar-refractivity contribution in [1.82, 2.24) is 0 Å². The quantitative estimate of drug-likeness (QED) is 0.830. The summed E-state index contributed by atoms with van der Waals surface area (Å²) in [5.41, 5.74) is 2.10. The number of anilines is 1. The van der Waals surface area contributed by atoms with Gasteiger partial charge in [-0.1, -0.05) is 17.9 Å². The summed E-state index contributed by atoms with van der Waals surface area (Å²) in [5.74, 6) is 5.25. The third-order valence-electron chi connectivity index (χ3n) is 2.46. The van der Waals surface area contributed by atoms with Gasteiger partial charge in [0.05, 0.1) is 5.60 Å². The minimum Gasteiger partial charge on any atom is -0.384 e. The van der Waals surface area contributed by atoms with Crippen LogP contribution >= 0.6 is 0 Å². The number of rotatable bonds is 3. The van der Waals surface area contributed by atoms with Crippen molar-refractivity contribution >= 4 is 11.6 Å². The number of carbonyl (C=O) groups is 1. The van der Waals surface area contributed by atoms with Crippen molar-refractivity contribution in [2.75, 3.05) is 18.5 Å². The second kappa shape index (κ2) is 7.09. The Kier molecular flexibility index (Phi) is 5.75. The molecule has 4 heteroatoms. The van der Waals surface area contributed by atoms with Gasteiger partial charge in [0.15, 0.2) is 0 Å². The van der Waals surface area contributed by atoms with Crippen molar-refractivity contribution < 1.29 is 14.6 Å². The molecule has 0 bridgehead atoms. The Labute approximate surface area is 120 Å². The van der Waals surface area contributed by atoms with Gasteiger partial charge in [-0.25, -0.2) is 0 Å². The fourth-order valence-electron chi connectivity index (χ4n) is 1.45. The van der Waals surface area contributed by atoms with Gasteiger partial charge < -0.3 is 15.2 Å². The van der Waals surface area contributed by atoms with Crippen molar-refractivity contribution in [3.8, 4) is 11.8 Å². The zero-order valence-electron chi connectivity index (χ0n) is 12.4. The number of hydrogen-bond donors (Lipinski definition) is 2. The summed E-state index contributed by atoms with van der Waals surface area (Å²) in [6.45, 7) is 7.44. The lowest BCUT2D eigenvalue weighted by atomic mass is 10.1. The number of aliphatic hydroxyl groups excluding tert-OH is 1. The van der Waals surface area contributed by atoms with Gasteiger partial charge in [0.25, 0.3) is 0 Å². The SMILES string of the molecule is Cc1ccc(NC(=O)COC(C)(C)C)cc1C#CCO. The molecule has 0 radical (unpaired) electrons. The predicted octanol–water partition coefficient (Wildman–Crippen LogP) is 2.09. The number of amides is 1. The molecule has 2 N–H and O–H groups in total. The third kappa shape index (κ3) is 5.87. The summed E-state index contributed by atoms with van der Waals surface area (Å²) in [6.07, 6.45) is 0. The number of ether oxygens (including phenoxy) is 1. The van der Waals surface area contributed by atoms with E-state index in [0.717, 1.165) is 11.1 Å². The average Bonchev–Trinajstić information content (AvgIpc) is 2.36. The maximum Gasteiger partial charge on any atom is 0.250 e. The van der Waals surface area contributed by atoms with E-state index in [9.17, 15) is 4.79 Å². The number of carbonyl (C=O) groups excluding carboxylic acids is 1. The van der Waals surface area contributed by atoms with Gasteiger partial charge in [0.1, 0.15) is 13.2 Å². The van der Waals surface area contributed by atoms with Gasteiger partial charge in [0, 0.05) is 11.3 Å². The van der Waals surface area contributed by atoms with E-state index < -0.39 is 0 Å². The Balaban J connectivity index is 2.71. The number of hydrogen-bond acceptors (Lipinski definition) is 3. The Bertz CT molecular complexity index is 533. The molecule has 0 saturated heterocycles. The van der Waals surface area contributed by atoms with Crippen LogP contribution in [0.2, 0.25) is 0 Å². The summed E-state index contributed by atoms with van der Waals surface area (Å²) >= 11 is 0. The summed E-state index contributed by atoms with van der Waals surface area (Å²) in [6, 6.07) is 5.48. The molecule has 0 aromatic heterocycles. The normalized spacial score (nSPS) is 10.7. The first kappa shape index (κ1) is 16.2. The molecule has 0 aliphatic heterocycles. The maximum atomic E-state index is 11.8. The van der Waals surface area contributed by atoms with Crippen molar-refractivity contribution in [2.24, 2.45) is 0 Å². The van der Waals surface area contributed by atoms with Gasteiger partial charge in [-0.15, -0.1) is 0 Å². The minimum atomic E-state index is -0.345. The lowest BCUT2D eigenvalue weighted by Gasteiger charge is -2.19. The number of nitrogens with one attached hydrogen (secondary N) is 1. The second-order valence-electron chi connectivity index (χ2n) is 5.44. The molecule has 0 spiro atoms. The topological polar surface area (TPSA) is 58.6 Å². The van der Waals surface area contributed by atoms with Gasteiger partial charge in [0.2, 0.25) is 5.91 Å².